The number of aromatic nitrogens is 1. The molecule has 0 spiro atoms. The summed E-state index contributed by atoms with van der Waals surface area (Å²) in [5.41, 5.74) is 6.65. The van der Waals surface area contributed by atoms with E-state index in [0.717, 1.165) is 11.3 Å². The molecule has 0 atom stereocenters. The number of pyridine rings is 1. The predicted octanol–water partition coefficient (Wildman–Crippen LogP) is 4.08. The summed E-state index contributed by atoms with van der Waals surface area (Å²) in [4.78, 5) is 4.11. The predicted molar refractivity (Wildman–Crippen MR) is 78.5 cm³/mol. The molecule has 2 aromatic rings. The quantitative estimate of drug-likeness (QED) is 0.868. The van der Waals surface area contributed by atoms with Crippen LogP contribution >= 0.6 is 11.6 Å². The fourth-order valence-electron chi connectivity index (χ4n) is 1.93. The molecule has 0 unspecified atom stereocenters. The Morgan fingerprint density at radius 1 is 1.30 bits per heavy atom. The number of nitrogen functional groups attached to an aromatic ring is 1. The number of nitrogens with two attached hydrogens (primary N) is 1. The summed E-state index contributed by atoms with van der Waals surface area (Å²) >= 11 is 6.16. The second-order valence-corrected chi connectivity index (χ2v) is 5.51. The first kappa shape index (κ1) is 14.6. The number of nitrogens with zero attached hydrogens (tertiary/aromatic N) is 1. The minimum absolute atomic E-state index is 0.134. The molecule has 106 valence electrons. The van der Waals surface area contributed by atoms with Gasteiger partial charge in [0.05, 0.1) is 5.02 Å². The van der Waals surface area contributed by atoms with E-state index >= 15 is 0 Å². The number of hydrogen-bond donors (Lipinski definition) is 1. The highest BCUT2D eigenvalue weighted by atomic mass is 35.5. The summed E-state index contributed by atoms with van der Waals surface area (Å²) in [6.45, 7) is 5.51. The van der Waals surface area contributed by atoms with E-state index in [9.17, 15) is 4.39 Å². The number of rotatable bonds is 3. The Morgan fingerprint density at radius 2 is 2.00 bits per heavy atom. The average molecular weight is 295 g/mol. The van der Waals surface area contributed by atoms with Gasteiger partial charge in [-0.3, -0.25) is 4.98 Å². The van der Waals surface area contributed by atoms with Crippen molar-refractivity contribution in [2.45, 2.75) is 26.4 Å². The van der Waals surface area contributed by atoms with Crippen molar-refractivity contribution in [1.82, 2.24) is 4.98 Å². The largest absolute Gasteiger partial charge is 0.480 e. The SMILES string of the molecule is Cc1cc(C(C)(C)Oc2ccc(N)cc2F)c(Cl)cn1. The van der Waals surface area contributed by atoms with Crippen molar-refractivity contribution in [2.24, 2.45) is 0 Å². The van der Waals surface area contributed by atoms with Gasteiger partial charge in [0.25, 0.3) is 0 Å². The van der Waals surface area contributed by atoms with Crippen LogP contribution in [0.25, 0.3) is 0 Å². The van der Waals surface area contributed by atoms with E-state index in [1.165, 1.54) is 12.1 Å². The molecule has 3 nitrogen and oxygen atoms in total. The fraction of sp³-hybridized carbons (Fsp3) is 0.267. The van der Waals surface area contributed by atoms with Gasteiger partial charge in [-0.2, -0.15) is 0 Å². The summed E-state index contributed by atoms with van der Waals surface area (Å²) in [5, 5.41) is 0.483. The van der Waals surface area contributed by atoms with E-state index in [4.69, 9.17) is 22.1 Å². The van der Waals surface area contributed by atoms with Crippen molar-refractivity contribution in [3.8, 4) is 5.75 Å². The van der Waals surface area contributed by atoms with E-state index in [-0.39, 0.29) is 5.75 Å². The zero-order chi connectivity index (χ0) is 14.9. The summed E-state index contributed by atoms with van der Waals surface area (Å²) in [7, 11) is 0. The Balaban J connectivity index is 2.37. The van der Waals surface area contributed by atoms with Crippen LogP contribution in [-0.2, 0) is 5.60 Å². The minimum atomic E-state index is -0.790. The maximum Gasteiger partial charge on any atom is 0.167 e. The van der Waals surface area contributed by atoms with Crippen molar-refractivity contribution in [3.63, 3.8) is 0 Å². The van der Waals surface area contributed by atoms with Gasteiger partial charge in [0.15, 0.2) is 11.6 Å². The molecule has 0 aliphatic heterocycles. The molecule has 1 aromatic carbocycles. The molecular formula is C15H16ClFN2O. The number of aryl methyl sites for hydroxylation is 1. The van der Waals surface area contributed by atoms with Crippen molar-refractivity contribution in [3.05, 3.63) is 52.6 Å². The molecular weight excluding hydrogens is 279 g/mol. The molecule has 1 heterocycles. The molecule has 0 aliphatic rings. The highest BCUT2D eigenvalue weighted by Crippen LogP contribution is 2.33. The molecule has 0 saturated heterocycles. The molecule has 2 N–H and O–H groups in total. The molecule has 0 amide bonds. The van der Waals surface area contributed by atoms with Gasteiger partial charge in [0.1, 0.15) is 5.60 Å². The first-order valence-corrected chi connectivity index (χ1v) is 6.54. The third-order valence-corrected chi connectivity index (χ3v) is 3.26. The maximum atomic E-state index is 13.8. The molecule has 0 bridgehead atoms. The topological polar surface area (TPSA) is 48.1 Å². The number of hydrogen-bond acceptors (Lipinski definition) is 3. The Labute approximate surface area is 122 Å². The van der Waals surface area contributed by atoms with Gasteiger partial charge in [-0.15, -0.1) is 0 Å². The van der Waals surface area contributed by atoms with Crippen LogP contribution < -0.4 is 10.5 Å². The number of ether oxygens (including phenoxy) is 1. The van der Waals surface area contributed by atoms with E-state index < -0.39 is 11.4 Å². The summed E-state index contributed by atoms with van der Waals surface area (Å²) in [5.74, 6) is -0.366. The monoisotopic (exact) mass is 294 g/mol. The van der Waals surface area contributed by atoms with E-state index in [1.54, 1.807) is 12.3 Å². The number of halogens is 2. The van der Waals surface area contributed by atoms with Crippen LogP contribution in [-0.4, -0.2) is 4.98 Å². The Morgan fingerprint density at radius 3 is 2.65 bits per heavy atom. The molecule has 0 aliphatic carbocycles. The second-order valence-electron chi connectivity index (χ2n) is 5.11. The van der Waals surface area contributed by atoms with Crippen LogP contribution in [0.2, 0.25) is 5.02 Å². The lowest BCUT2D eigenvalue weighted by atomic mass is 9.98. The van der Waals surface area contributed by atoms with Crippen LogP contribution in [0.1, 0.15) is 25.1 Å². The van der Waals surface area contributed by atoms with Gasteiger partial charge in [0, 0.05) is 29.2 Å². The average Bonchev–Trinajstić information content (AvgIpc) is 2.35. The summed E-state index contributed by atoms with van der Waals surface area (Å²) in [6.07, 6.45) is 1.57. The number of benzene rings is 1. The van der Waals surface area contributed by atoms with Crippen molar-refractivity contribution >= 4 is 17.3 Å². The Kier molecular flexibility index (Phi) is 3.86. The van der Waals surface area contributed by atoms with Crippen molar-refractivity contribution in [2.75, 3.05) is 5.73 Å². The van der Waals surface area contributed by atoms with Crippen molar-refractivity contribution in [1.29, 1.82) is 0 Å². The molecule has 0 fully saturated rings. The molecule has 2 rings (SSSR count). The normalized spacial score (nSPS) is 11.4. The zero-order valence-electron chi connectivity index (χ0n) is 11.6. The van der Waals surface area contributed by atoms with Crippen LogP contribution in [0.4, 0.5) is 10.1 Å². The van der Waals surface area contributed by atoms with Crippen molar-refractivity contribution < 1.29 is 9.13 Å². The lowest BCUT2D eigenvalue weighted by molar-refractivity contribution is 0.103. The molecule has 0 saturated carbocycles. The van der Waals surface area contributed by atoms with Crippen LogP contribution in [0, 0.1) is 12.7 Å². The second kappa shape index (κ2) is 5.29. The standard InChI is InChI=1S/C15H16ClFN2O/c1-9-6-11(12(16)8-19-9)15(2,3)20-14-5-4-10(18)7-13(14)17/h4-8H,18H2,1-3H3. The van der Waals surface area contributed by atoms with Gasteiger partial charge in [0.2, 0.25) is 0 Å². The molecule has 1 aromatic heterocycles. The highest BCUT2D eigenvalue weighted by Gasteiger charge is 2.27. The van der Waals surface area contributed by atoms with E-state index in [2.05, 4.69) is 4.98 Å². The Hall–Kier alpha value is -1.81. The lowest BCUT2D eigenvalue weighted by Crippen LogP contribution is -2.26. The molecule has 20 heavy (non-hydrogen) atoms. The lowest BCUT2D eigenvalue weighted by Gasteiger charge is -2.28. The van der Waals surface area contributed by atoms with E-state index in [1.807, 2.05) is 26.8 Å². The summed E-state index contributed by atoms with van der Waals surface area (Å²) in [6, 6.07) is 6.16. The van der Waals surface area contributed by atoms with Crippen LogP contribution in [0.3, 0.4) is 0 Å². The molecule has 0 radical (unpaired) electrons. The minimum Gasteiger partial charge on any atom is -0.480 e. The molecule has 5 heteroatoms. The third kappa shape index (κ3) is 3.02. The van der Waals surface area contributed by atoms with Crippen LogP contribution in [0.15, 0.2) is 30.5 Å². The highest BCUT2D eigenvalue weighted by molar-refractivity contribution is 6.31. The Bertz CT molecular complexity index is 644. The maximum absolute atomic E-state index is 13.8. The first-order valence-electron chi connectivity index (χ1n) is 6.16. The first-order chi connectivity index (χ1) is 9.29. The fourth-order valence-corrected chi connectivity index (χ4v) is 2.27. The number of anilines is 1. The van der Waals surface area contributed by atoms with Gasteiger partial charge in [-0.25, -0.2) is 4.39 Å². The zero-order valence-corrected chi connectivity index (χ0v) is 12.3. The summed E-state index contributed by atoms with van der Waals surface area (Å²) < 4.78 is 19.6. The third-order valence-electron chi connectivity index (χ3n) is 2.96. The smallest absolute Gasteiger partial charge is 0.167 e. The van der Waals surface area contributed by atoms with Gasteiger partial charge in [-0.05, 0) is 39.0 Å². The van der Waals surface area contributed by atoms with Gasteiger partial charge >= 0.3 is 0 Å². The van der Waals surface area contributed by atoms with Crippen LogP contribution in [0.5, 0.6) is 5.75 Å². The van der Waals surface area contributed by atoms with Gasteiger partial charge < -0.3 is 10.5 Å². The van der Waals surface area contributed by atoms with E-state index in [0.29, 0.717) is 10.7 Å². The van der Waals surface area contributed by atoms with Gasteiger partial charge in [-0.1, -0.05) is 11.6 Å².